The highest BCUT2D eigenvalue weighted by atomic mass is 16.7. The van der Waals surface area contributed by atoms with Crippen LogP contribution in [0, 0.1) is 50.7 Å². The lowest BCUT2D eigenvalue weighted by atomic mass is 9.31. The number of cyclic esters (lactones) is 1. The molecule has 6 rings (SSSR count). The second-order valence-electron chi connectivity index (χ2n) is 17.3. The Morgan fingerprint density at radius 2 is 1.50 bits per heavy atom. The molecular formula is C41H51NO16. The van der Waals surface area contributed by atoms with E-state index in [0.717, 1.165) is 34.8 Å². The van der Waals surface area contributed by atoms with E-state index >= 15 is 0 Å². The van der Waals surface area contributed by atoms with Gasteiger partial charge in [0.05, 0.1) is 29.6 Å². The standard InChI is InChI=1S/C41H51NO16/c1-19(53-20(2)43)39-18-52-28(48)12-11-26(39)36(7)15-13-27-37(8,30(36)29(54-21(3)44)32(39)55-22(4)45)33(56-23(5)46)34(57-24(6)47)38(9)40(27,50)17-25(14-16-42)31-41(38,58-31)35(49)51-10/h11-12,14,19,26-27,29-34,50H,13,15,17-18H2,1-10H3/b25-14-/t19-,26-,27?,29-,30?,31+,32-,33+,34-,36-,37-,38+,39?,40+,41-/m0/s1. The molecule has 316 valence electrons. The first-order valence-electron chi connectivity index (χ1n) is 19.3. The molecule has 2 aliphatic heterocycles. The summed E-state index contributed by atoms with van der Waals surface area (Å²) < 4.78 is 47.9. The quantitative estimate of drug-likeness (QED) is 0.168. The monoisotopic (exact) mass is 813 g/mol. The lowest BCUT2D eigenvalue weighted by molar-refractivity contribution is -0.357. The smallest absolute Gasteiger partial charge is 0.342 e. The molecule has 3 unspecified atom stereocenters. The summed E-state index contributed by atoms with van der Waals surface area (Å²) in [5.41, 5.74) is -10.3. The van der Waals surface area contributed by atoms with Gasteiger partial charge in [0, 0.05) is 64.5 Å². The molecule has 58 heavy (non-hydrogen) atoms. The predicted molar refractivity (Wildman–Crippen MR) is 193 cm³/mol. The molecule has 5 fully saturated rings. The van der Waals surface area contributed by atoms with Gasteiger partial charge in [-0.15, -0.1) is 0 Å². The third kappa shape index (κ3) is 5.64. The summed E-state index contributed by atoms with van der Waals surface area (Å²) in [6.07, 6.45) is -4.42. The first-order chi connectivity index (χ1) is 27.0. The molecule has 4 aliphatic carbocycles. The number of carbonyl (C=O) groups is 7. The number of nitriles is 1. The molecule has 17 nitrogen and oxygen atoms in total. The number of fused-ring (bicyclic) bond motifs is 9. The Hall–Kier alpha value is -4.82. The van der Waals surface area contributed by atoms with Gasteiger partial charge in [-0.25, -0.2) is 9.59 Å². The highest BCUT2D eigenvalue weighted by Gasteiger charge is 2.91. The van der Waals surface area contributed by atoms with E-state index in [1.165, 1.54) is 26.0 Å². The maximum Gasteiger partial charge on any atom is 0.342 e. The second-order valence-corrected chi connectivity index (χ2v) is 17.3. The third-order valence-corrected chi connectivity index (χ3v) is 14.6. The highest BCUT2D eigenvalue weighted by Crippen LogP contribution is 2.79. The third-order valence-electron chi connectivity index (χ3n) is 14.6. The van der Waals surface area contributed by atoms with Gasteiger partial charge in [-0.05, 0) is 49.5 Å². The predicted octanol–water partition coefficient (Wildman–Crippen LogP) is 2.35. The summed E-state index contributed by atoms with van der Waals surface area (Å²) in [6.45, 7) is 11.9. The van der Waals surface area contributed by atoms with Crippen LogP contribution in [0.4, 0.5) is 0 Å². The van der Waals surface area contributed by atoms with Crippen LogP contribution in [0.15, 0.2) is 23.8 Å². The molecule has 15 atom stereocenters. The van der Waals surface area contributed by atoms with Gasteiger partial charge in [0.15, 0.2) is 12.2 Å². The topological polar surface area (TPSA) is 241 Å². The Morgan fingerprint density at radius 3 is 2.05 bits per heavy atom. The number of esters is 7. The number of hydrogen-bond donors (Lipinski definition) is 1. The van der Waals surface area contributed by atoms with Crippen LogP contribution >= 0.6 is 0 Å². The number of rotatable bonds is 7. The Balaban J connectivity index is 1.74. The molecule has 1 saturated heterocycles. The molecule has 1 N–H and O–H groups in total. The Labute approximate surface area is 335 Å². The molecule has 4 saturated carbocycles. The van der Waals surface area contributed by atoms with Crippen molar-refractivity contribution in [2.24, 2.45) is 39.4 Å². The molecule has 2 heterocycles. The molecule has 0 aromatic rings. The van der Waals surface area contributed by atoms with E-state index in [4.69, 9.17) is 37.9 Å². The SMILES string of the molecule is COC(=O)[C@@]12O[C@@H]1/C(=C\C#N)C[C@@]1(O)C3CC[C@]4(C)C([C@H](OC(C)=O)[C@H](OC(C)=O)C5([C@H](C)OC(C)=O)COC(=O)C=C[C@H]54)[C@@]3(C)[C@H](OC(C)=O)[C@H](OC(C)=O)[C@]12C. The number of carbonyl (C=O) groups excluding carboxylic acids is 7. The fourth-order valence-corrected chi connectivity index (χ4v) is 12.8. The number of epoxide rings is 1. The summed E-state index contributed by atoms with van der Waals surface area (Å²) in [5.74, 6) is -8.73. The summed E-state index contributed by atoms with van der Waals surface area (Å²) in [4.78, 5) is 93.1. The van der Waals surface area contributed by atoms with Crippen molar-refractivity contribution in [3.05, 3.63) is 23.8 Å². The van der Waals surface area contributed by atoms with Gasteiger partial charge >= 0.3 is 41.8 Å². The van der Waals surface area contributed by atoms with Crippen molar-refractivity contribution in [2.45, 2.75) is 129 Å². The first-order valence-corrected chi connectivity index (χ1v) is 19.3. The molecule has 0 aromatic heterocycles. The summed E-state index contributed by atoms with van der Waals surface area (Å²) in [5, 5.41) is 23.6. The van der Waals surface area contributed by atoms with Crippen LogP contribution in [0.3, 0.4) is 0 Å². The number of methoxy groups -OCH3 is 1. The van der Waals surface area contributed by atoms with E-state index in [9.17, 15) is 43.9 Å². The minimum absolute atomic E-state index is 0.101. The van der Waals surface area contributed by atoms with Crippen LogP contribution < -0.4 is 0 Å². The largest absolute Gasteiger partial charge is 0.467 e. The molecule has 0 spiro atoms. The minimum atomic E-state index is -2.13. The van der Waals surface area contributed by atoms with Gasteiger partial charge in [0.25, 0.3) is 0 Å². The number of aliphatic hydroxyl groups is 1. The van der Waals surface area contributed by atoms with Crippen molar-refractivity contribution in [1.82, 2.24) is 0 Å². The van der Waals surface area contributed by atoms with Crippen molar-refractivity contribution in [2.75, 3.05) is 13.7 Å². The first kappa shape index (κ1) is 42.8. The van der Waals surface area contributed by atoms with Crippen LogP contribution in [-0.2, 0) is 71.5 Å². The van der Waals surface area contributed by atoms with Crippen molar-refractivity contribution < 1.29 is 76.6 Å². The fraction of sp³-hybridized carbons (Fsp3) is 0.707. The lowest BCUT2D eigenvalue weighted by Gasteiger charge is -2.74. The van der Waals surface area contributed by atoms with Gasteiger partial charge in [-0.2, -0.15) is 5.26 Å². The summed E-state index contributed by atoms with van der Waals surface area (Å²) in [6, 6.07) is 1.98. The van der Waals surface area contributed by atoms with E-state index < -0.39 is 136 Å². The lowest BCUT2D eigenvalue weighted by Crippen LogP contribution is -2.84. The molecule has 0 bridgehead atoms. The highest BCUT2D eigenvalue weighted by molar-refractivity contribution is 5.87. The van der Waals surface area contributed by atoms with Gasteiger partial charge < -0.3 is 43.0 Å². The maximum absolute atomic E-state index is 14.1. The van der Waals surface area contributed by atoms with Gasteiger partial charge in [0.1, 0.15) is 31.0 Å². The average Bonchev–Trinajstić information content (AvgIpc) is 3.90. The number of ether oxygens (including phenoxy) is 8. The van der Waals surface area contributed by atoms with Crippen molar-refractivity contribution in [1.29, 1.82) is 5.26 Å². The zero-order valence-corrected chi connectivity index (χ0v) is 34.3. The average molecular weight is 814 g/mol. The van der Waals surface area contributed by atoms with E-state index in [0.29, 0.717) is 0 Å². The van der Waals surface area contributed by atoms with Crippen LogP contribution in [0.1, 0.15) is 81.6 Å². The molecule has 0 amide bonds. The van der Waals surface area contributed by atoms with Crippen molar-refractivity contribution >= 4 is 41.8 Å². The van der Waals surface area contributed by atoms with Crippen LogP contribution in [-0.4, -0.2) is 108 Å². The Bertz CT molecular complexity index is 1940. The zero-order valence-electron chi connectivity index (χ0n) is 34.3. The maximum atomic E-state index is 14.1. The summed E-state index contributed by atoms with van der Waals surface area (Å²) in [7, 11) is 1.13. The second kappa shape index (κ2) is 14.2. The van der Waals surface area contributed by atoms with Crippen molar-refractivity contribution in [3.63, 3.8) is 0 Å². The van der Waals surface area contributed by atoms with Crippen LogP contribution in [0.5, 0.6) is 0 Å². The number of nitrogens with zero attached hydrogens (tertiary/aromatic N) is 1. The molecule has 17 heteroatoms. The van der Waals surface area contributed by atoms with Crippen LogP contribution in [0.25, 0.3) is 0 Å². The number of hydrogen-bond acceptors (Lipinski definition) is 17. The Kier molecular flexibility index (Phi) is 10.5. The molecular weight excluding hydrogens is 762 g/mol. The van der Waals surface area contributed by atoms with E-state index in [-0.39, 0.29) is 24.8 Å². The van der Waals surface area contributed by atoms with Gasteiger partial charge in [-0.3, -0.25) is 24.0 Å². The van der Waals surface area contributed by atoms with Crippen LogP contribution in [0.2, 0.25) is 0 Å². The van der Waals surface area contributed by atoms with Gasteiger partial charge in [0.2, 0.25) is 5.60 Å². The zero-order chi connectivity index (χ0) is 43.1. The minimum Gasteiger partial charge on any atom is -0.467 e. The van der Waals surface area contributed by atoms with Gasteiger partial charge in [-0.1, -0.05) is 19.9 Å². The molecule has 0 radical (unpaired) electrons. The molecule has 0 aromatic carbocycles. The Morgan fingerprint density at radius 1 is 0.914 bits per heavy atom. The van der Waals surface area contributed by atoms with E-state index in [1.54, 1.807) is 19.9 Å². The van der Waals surface area contributed by atoms with E-state index in [2.05, 4.69) is 0 Å². The normalized spacial score (nSPS) is 44.3. The fourth-order valence-electron chi connectivity index (χ4n) is 12.8. The van der Waals surface area contributed by atoms with E-state index in [1.807, 2.05) is 13.0 Å². The molecule has 6 aliphatic rings. The summed E-state index contributed by atoms with van der Waals surface area (Å²) >= 11 is 0. The van der Waals surface area contributed by atoms with Crippen molar-refractivity contribution in [3.8, 4) is 6.07 Å². The number of allylic oxidation sites excluding steroid dienone is 2.